The van der Waals surface area contributed by atoms with Crippen LogP contribution in [0.4, 0.5) is 19.4 Å². The molecule has 0 radical (unpaired) electrons. The molecule has 1 aliphatic heterocycles. The lowest BCUT2D eigenvalue weighted by molar-refractivity contribution is -0.113. The number of hydrogen-bond donors (Lipinski definition) is 1. The zero-order valence-corrected chi connectivity index (χ0v) is 24.8. The summed E-state index contributed by atoms with van der Waals surface area (Å²) < 4.78 is 40.2. The molecule has 1 atom stereocenters. The molecule has 232 valence electrons. The summed E-state index contributed by atoms with van der Waals surface area (Å²) in [4.78, 5) is 46.6. The Kier molecular flexibility index (Phi) is 8.81. The summed E-state index contributed by atoms with van der Waals surface area (Å²) in [6.07, 6.45) is 6.72. The molecule has 0 spiro atoms. The van der Waals surface area contributed by atoms with Crippen molar-refractivity contribution in [3.63, 3.8) is 0 Å². The van der Waals surface area contributed by atoms with Crippen molar-refractivity contribution in [3.8, 4) is 11.5 Å². The van der Waals surface area contributed by atoms with E-state index in [1.807, 2.05) is 5.01 Å². The number of aldehydes is 1. The molecule has 43 heavy (non-hydrogen) atoms. The zero-order valence-electron chi connectivity index (χ0n) is 24.8. The Bertz CT molecular complexity index is 1360. The number of carbonyl (C=O) groups is 3. The minimum Gasteiger partial charge on any atom is -0.444 e. The first-order chi connectivity index (χ1) is 20.4. The number of nitrogens with zero attached hydrogens (tertiary/aromatic N) is 5. The van der Waals surface area contributed by atoms with E-state index in [1.165, 1.54) is 30.5 Å². The van der Waals surface area contributed by atoms with Gasteiger partial charge in [-0.05, 0) is 77.3 Å². The standard InChI is InChI=1S/C30H38F2N6O5/c1-30(2,3)43-29(41)35-24-13-20(11-12-33-24)27-34-22(17-42-27)28(40)36(4)23-15-37(21-9-7-19(16-39)8-10-21)38(14-18-5-6-18)25(23)26(31)32/h11-13,15-19,21,25-26H,5-10,14H2,1-4H3,(H,33,35,41). The molecule has 1 unspecified atom stereocenters. The van der Waals surface area contributed by atoms with Gasteiger partial charge >= 0.3 is 6.09 Å². The normalized spacial score (nSPS) is 22.8. The Labute approximate surface area is 249 Å². The van der Waals surface area contributed by atoms with Crippen molar-refractivity contribution in [1.82, 2.24) is 24.9 Å². The third-order valence-corrected chi connectivity index (χ3v) is 7.93. The van der Waals surface area contributed by atoms with Gasteiger partial charge in [0, 0.05) is 43.5 Å². The highest BCUT2D eigenvalue weighted by atomic mass is 19.3. The van der Waals surface area contributed by atoms with Crippen molar-refractivity contribution in [2.45, 2.75) is 83.4 Å². The number of carbonyl (C=O) groups excluding carboxylic acids is 3. The number of alkyl halides is 2. The molecule has 2 aliphatic carbocycles. The van der Waals surface area contributed by atoms with Crippen LogP contribution < -0.4 is 5.32 Å². The maximum absolute atomic E-state index is 14.7. The van der Waals surface area contributed by atoms with Crippen molar-refractivity contribution in [2.24, 2.45) is 11.8 Å². The van der Waals surface area contributed by atoms with Crippen molar-refractivity contribution >= 4 is 24.1 Å². The Morgan fingerprint density at radius 3 is 2.56 bits per heavy atom. The average molecular weight is 601 g/mol. The maximum Gasteiger partial charge on any atom is 0.413 e. The van der Waals surface area contributed by atoms with Gasteiger partial charge in [-0.1, -0.05) is 0 Å². The van der Waals surface area contributed by atoms with E-state index in [-0.39, 0.29) is 35.1 Å². The van der Waals surface area contributed by atoms with Gasteiger partial charge in [0.15, 0.2) is 5.69 Å². The second-order valence-corrected chi connectivity index (χ2v) is 12.4. The molecule has 3 aliphatic rings. The number of oxazole rings is 1. The second kappa shape index (κ2) is 12.4. The smallest absolute Gasteiger partial charge is 0.413 e. The molecule has 2 aromatic heterocycles. The van der Waals surface area contributed by atoms with Crippen LogP contribution in [0.3, 0.4) is 0 Å². The van der Waals surface area contributed by atoms with Gasteiger partial charge in [-0.2, -0.15) is 0 Å². The SMILES string of the molecule is CN(C(=O)c1coc(-c2ccnc(NC(=O)OC(C)(C)C)c2)n1)C1=CN(C2CCC(C=O)CC2)N(CC2CC2)C1C(F)F. The van der Waals surface area contributed by atoms with Crippen LogP contribution in [0.15, 0.2) is 40.9 Å². The molecule has 2 fully saturated rings. The predicted molar refractivity (Wildman–Crippen MR) is 153 cm³/mol. The number of halogens is 2. The predicted octanol–water partition coefficient (Wildman–Crippen LogP) is 5.33. The quantitative estimate of drug-likeness (QED) is 0.381. The van der Waals surface area contributed by atoms with Gasteiger partial charge in [0.1, 0.15) is 30.0 Å². The fraction of sp³-hybridized carbons (Fsp3) is 0.567. The summed E-state index contributed by atoms with van der Waals surface area (Å²) in [6.45, 7) is 5.71. The topological polar surface area (TPSA) is 121 Å². The van der Waals surface area contributed by atoms with Gasteiger partial charge in [-0.3, -0.25) is 10.1 Å². The molecule has 0 saturated heterocycles. The third-order valence-electron chi connectivity index (χ3n) is 7.93. The number of hydrazine groups is 1. The van der Waals surface area contributed by atoms with Gasteiger partial charge < -0.3 is 23.9 Å². The Balaban J connectivity index is 1.34. The van der Waals surface area contributed by atoms with E-state index >= 15 is 0 Å². The lowest BCUT2D eigenvalue weighted by Crippen LogP contribution is -2.51. The molecule has 2 saturated carbocycles. The van der Waals surface area contributed by atoms with Gasteiger partial charge in [0.05, 0.1) is 5.70 Å². The van der Waals surface area contributed by atoms with Crippen LogP contribution in [-0.4, -0.2) is 80.9 Å². The molecule has 11 nitrogen and oxygen atoms in total. The first kappa shape index (κ1) is 30.6. The molecule has 1 N–H and O–H groups in total. The minimum absolute atomic E-state index is 0.000241. The number of nitrogens with one attached hydrogen (secondary N) is 1. The van der Waals surface area contributed by atoms with Crippen LogP contribution >= 0.6 is 0 Å². The zero-order chi connectivity index (χ0) is 30.9. The number of ether oxygens (including phenoxy) is 1. The molecule has 2 amide bonds. The summed E-state index contributed by atoms with van der Waals surface area (Å²) in [5.41, 5.74) is -0.106. The van der Waals surface area contributed by atoms with E-state index in [1.54, 1.807) is 38.0 Å². The van der Waals surface area contributed by atoms with E-state index < -0.39 is 30.1 Å². The lowest BCUT2D eigenvalue weighted by Gasteiger charge is -2.41. The van der Waals surface area contributed by atoms with Crippen molar-refractivity contribution in [2.75, 3.05) is 18.9 Å². The van der Waals surface area contributed by atoms with Crippen molar-refractivity contribution < 1.29 is 32.3 Å². The van der Waals surface area contributed by atoms with E-state index in [0.717, 1.165) is 19.1 Å². The van der Waals surface area contributed by atoms with Crippen LogP contribution in [0.5, 0.6) is 0 Å². The highest BCUT2D eigenvalue weighted by Gasteiger charge is 2.46. The number of anilines is 1. The number of amides is 2. The third kappa shape index (κ3) is 7.20. The number of aromatic nitrogens is 2. The summed E-state index contributed by atoms with van der Waals surface area (Å²) in [5.74, 6) is 0.0492. The average Bonchev–Trinajstić information content (AvgIpc) is 3.49. The van der Waals surface area contributed by atoms with Crippen molar-refractivity contribution in [1.29, 1.82) is 0 Å². The highest BCUT2D eigenvalue weighted by molar-refractivity contribution is 5.93. The van der Waals surface area contributed by atoms with E-state index in [4.69, 9.17) is 9.15 Å². The number of pyridine rings is 1. The van der Waals surface area contributed by atoms with Crippen LogP contribution in [-0.2, 0) is 9.53 Å². The molecular weight excluding hydrogens is 562 g/mol. The summed E-state index contributed by atoms with van der Waals surface area (Å²) in [5, 5.41) is 6.15. The molecule has 13 heteroatoms. The van der Waals surface area contributed by atoms with E-state index in [0.29, 0.717) is 43.7 Å². The van der Waals surface area contributed by atoms with Crippen LogP contribution in [0.25, 0.3) is 11.5 Å². The Morgan fingerprint density at radius 2 is 1.93 bits per heavy atom. The van der Waals surface area contributed by atoms with Crippen LogP contribution in [0, 0.1) is 11.8 Å². The fourth-order valence-corrected chi connectivity index (χ4v) is 5.55. The van der Waals surface area contributed by atoms with Crippen LogP contribution in [0.2, 0.25) is 0 Å². The first-order valence-corrected chi connectivity index (χ1v) is 14.6. The molecule has 0 aromatic carbocycles. The Hall–Kier alpha value is -3.87. The summed E-state index contributed by atoms with van der Waals surface area (Å²) in [7, 11) is 1.47. The first-order valence-electron chi connectivity index (χ1n) is 14.6. The molecular formula is C30H38F2N6O5. The number of likely N-dealkylation sites (N-methyl/N-ethyl adjacent to an activating group) is 1. The summed E-state index contributed by atoms with van der Waals surface area (Å²) >= 11 is 0. The fourth-order valence-electron chi connectivity index (χ4n) is 5.55. The van der Waals surface area contributed by atoms with E-state index in [2.05, 4.69) is 15.3 Å². The summed E-state index contributed by atoms with van der Waals surface area (Å²) in [6, 6.07) is 1.81. The number of hydrogen-bond acceptors (Lipinski definition) is 9. The number of rotatable bonds is 9. The molecule has 3 heterocycles. The van der Waals surface area contributed by atoms with Crippen LogP contribution in [0.1, 0.15) is 69.8 Å². The second-order valence-electron chi connectivity index (χ2n) is 12.4. The highest BCUT2D eigenvalue weighted by Crippen LogP contribution is 2.40. The maximum atomic E-state index is 14.7. The van der Waals surface area contributed by atoms with E-state index in [9.17, 15) is 23.2 Å². The van der Waals surface area contributed by atoms with Gasteiger partial charge in [-0.25, -0.2) is 28.6 Å². The van der Waals surface area contributed by atoms with Gasteiger partial charge in [-0.15, -0.1) is 0 Å². The largest absolute Gasteiger partial charge is 0.444 e. The minimum atomic E-state index is -2.72. The Morgan fingerprint density at radius 1 is 1.21 bits per heavy atom. The van der Waals surface area contributed by atoms with Crippen molar-refractivity contribution in [3.05, 3.63) is 42.2 Å². The van der Waals surface area contributed by atoms with Gasteiger partial charge in [0.2, 0.25) is 5.89 Å². The van der Waals surface area contributed by atoms with Gasteiger partial charge in [0.25, 0.3) is 12.3 Å². The lowest BCUT2D eigenvalue weighted by atomic mass is 9.87. The molecule has 0 bridgehead atoms. The monoisotopic (exact) mass is 600 g/mol. The molecule has 5 rings (SSSR count). The molecule has 2 aromatic rings.